The summed E-state index contributed by atoms with van der Waals surface area (Å²) in [5.74, 6) is 4.64. The van der Waals surface area contributed by atoms with Gasteiger partial charge < -0.3 is 9.94 Å². The van der Waals surface area contributed by atoms with Crippen molar-refractivity contribution in [3.8, 4) is 11.8 Å². The van der Waals surface area contributed by atoms with Gasteiger partial charge in [-0.15, -0.1) is 0 Å². The van der Waals surface area contributed by atoms with Crippen molar-refractivity contribution in [3.05, 3.63) is 35.4 Å². The van der Waals surface area contributed by atoms with Crippen molar-refractivity contribution in [1.82, 2.24) is 0 Å². The van der Waals surface area contributed by atoms with Crippen molar-refractivity contribution in [2.75, 3.05) is 6.26 Å². The predicted molar refractivity (Wildman–Crippen MR) is 95.1 cm³/mol. The summed E-state index contributed by atoms with van der Waals surface area (Å²) in [5.41, 5.74) is 2.42. The van der Waals surface area contributed by atoms with Gasteiger partial charge in [0.25, 0.3) is 0 Å². The molecule has 1 aromatic carbocycles. The molecule has 0 spiro atoms. The van der Waals surface area contributed by atoms with Crippen LogP contribution >= 0.6 is 0 Å². The zero-order chi connectivity index (χ0) is 18.7. The standard InChI is InChI=1S/C18H21NO5S/c1-4-5-6-13-7-9-14(10-8-13)16-11-15(24-19-16)12-18(2,17(20)21)25(3,22)23/h7-10,15H,4,11-12H2,1-3H3,(H,20,21). The van der Waals surface area contributed by atoms with Crippen LogP contribution in [0.15, 0.2) is 29.4 Å². The van der Waals surface area contributed by atoms with E-state index in [0.29, 0.717) is 12.1 Å². The number of carbonyl (C=O) groups is 1. The van der Waals surface area contributed by atoms with Gasteiger partial charge in [0, 0.05) is 31.1 Å². The summed E-state index contributed by atoms with van der Waals surface area (Å²) in [5, 5.41) is 13.3. The molecule has 7 heteroatoms. The van der Waals surface area contributed by atoms with E-state index in [2.05, 4.69) is 17.0 Å². The average molecular weight is 363 g/mol. The number of carboxylic acid groups (broad SMARTS) is 1. The Morgan fingerprint density at radius 3 is 2.56 bits per heavy atom. The van der Waals surface area contributed by atoms with Crippen LogP contribution in [0.2, 0.25) is 0 Å². The zero-order valence-corrected chi connectivity index (χ0v) is 15.3. The van der Waals surface area contributed by atoms with Crippen LogP contribution in [0.1, 0.15) is 44.2 Å². The number of carboxylic acids is 1. The first kappa shape index (κ1) is 19.0. The van der Waals surface area contributed by atoms with Crippen molar-refractivity contribution < 1.29 is 23.2 Å². The van der Waals surface area contributed by atoms with Gasteiger partial charge in [-0.3, -0.25) is 4.79 Å². The molecule has 6 nitrogen and oxygen atoms in total. The second-order valence-electron chi connectivity index (χ2n) is 6.21. The fourth-order valence-corrected chi connectivity index (χ4v) is 3.28. The van der Waals surface area contributed by atoms with Crippen LogP contribution in [-0.2, 0) is 19.5 Å². The minimum atomic E-state index is -3.79. The van der Waals surface area contributed by atoms with Gasteiger partial charge in [0.15, 0.2) is 14.6 Å². The average Bonchev–Trinajstić information content (AvgIpc) is 3.00. The molecule has 1 aliphatic rings. The summed E-state index contributed by atoms with van der Waals surface area (Å²) in [6.45, 7) is 3.18. The first-order valence-corrected chi connectivity index (χ1v) is 9.81. The molecule has 0 amide bonds. The maximum absolute atomic E-state index is 11.9. The van der Waals surface area contributed by atoms with Gasteiger partial charge >= 0.3 is 5.97 Å². The van der Waals surface area contributed by atoms with Crippen LogP contribution in [0.5, 0.6) is 0 Å². The number of rotatable bonds is 5. The van der Waals surface area contributed by atoms with Gasteiger partial charge in [-0.05, 0) is 24.6 Å². The molecular formula is C18H21NO5S. The molecule has 1 aliphatic heterocycles. The molecular weight excluding hydrogens is 342 g/mol. The fraction of sp³-hybridized carbons (Fsp3) is 0.444. The van der Waals surface area contributed by atoms with Crippen LogP contribution in [0, 0.1) is 11.8 Å². The third kappa shape index (κ3) is 4.20. The van der Waals surface area contributed by atoms with E-state index in [0.717, 1.165) is 23.8 Å². The van der Waals surface area contributed by atoms with Crippen LogP contribution < -0.4 is 0 Å². The molecule has 25 heavy (non-hydrogen) atoms. The van der Waals surface area contributed by atoms with Crippen LogP contribution in [0.3, 0.4) is 0 Å². The van der Waals surface area contributed by atoms with Gasteiger partial charge in [0.05, 0.1) is 5.71 Å². The molecule has 0 bridgehead atoms. The van der Waals surface area contributed by atoms with Gasteiger partial charge in [0.1, 0.15) is 6.10 Å². The number of benzene rings is 1. The van der Waals surface area contributed by atoms with Gasteiger partial charge in [-0.25, -0.2) is 8.42 Å². The molecule has 2 rings (SSSR count). The van der Waals surface area contributed by atoms with Crippen molar-refractivity contribution in [3.63, 3.8) is 0 Å². The lowest BCUT2D eigenvalue weighted by molar-refractivity contribution is -0.140. The number of hydrogen-bond donors (Lipinski definition) is 1. The van der Waals surface area contributed by atoms with Crippen molar-refractivity contribution >= 4 is 21.5 Å². The fourth-order valence-electron chi connectivity index (χ4n) is 2.48. The SMILES string of the molecule is CCC#Cc1ccc(C2=NOC(CC(C)(C(=O)O)S(C)(=O)=O)C2)cc1. The van der Waals surface area contributed by atoms with Crippen LogP contribution in [-0.4, -0.2) is 42.3 Å². The molecule has 0 radical (unpaired) electrons. The second-order valence-corrected chi connectivity index (χ2v) is 8.66. The van der Waals surface area contributed by atoms with E-state index in [-0.39, 0.29) is 6.42 Å². The molecule has 0 aromatic heterocycles. The highest BCUT2D eigenvalue weighted by molar-refractivity contribution is 7.92. The normalized spacial score (nSPS) is 19.2. The van der Waals surface area contributed by atoms with Crippen molar-refractivity contribution in [1.29, 1.82) is 0 Å². The summed E-state index contributed by atoms with van der Waals surface area (Å²) >= 11 is 0. The Labute approximate surface area is 147 Å². The van der Waals surface area contributed by atoms with E-state index in [1.54, 1.807) is 0 Å². The number of hydrogen-bond acceptors (Lipinski definition) is 5. The smallest absolute Gasteiger partial charge is 0.324 e. The van der Waals surface area contributed by atoms with E-state index in [9.17, 15) is 18.3 Å². The monoisotopic (exact) mass is 363 g/mol. The Balaban J connectivity index is 2.09. The number of sulfone groups is 1. The topological polar surface area (TPSA) is 93.0 Å². The third-order valence-corrected chi connectivity index (χ3v) is 6.23. The Kier molecular flexibility index (Phi) is 5.53. The van der Waals surface area contributed by atoms with Gasteiger partial charge in [-0.1, -0.05) is 36.1 Å². The number of aliphatic carboxylic acids is 1. The Morgan fingerprint density at radius 2 is 2.04 bits per heavy atom. The third-order valence-electron chi connectivity index (χ3n) is 4.25. The molecule has 134 valence electrons. The summed E-state index contributed by atoms with van der Waals surface area (Å²) < 4.78 is 21.8. The lowest BCUT2D eigenvalue weighted by Gasteiger charge is -2.24. The summed E-state index contributed by atoms with van der Waals surface area (Å²) in [6, 6.07) is 7.51. The van der Waals surface area contributed by atoms with E-state index in [1.807, 2.05) is 31.2 Å². The van der Waals surface area contributed by atoms with E-state index < -0.39 is 26.7 Å². The highest BCUT2D eigenvalue weighted by Crippen LogP contribution is 2.29. The van der Waals surface area contributed by atoms with Crippen molar-refractivity contribution in [2.45, 2.75) is 44.0 Å². The molecule has 0 saturated carbocycles. The molecule has 1 N–H and O–H groups in total. The van der Waals surface area contributed by atoms with E-state index in [4.69, 9.17) is 4.84 Å². The van der Waals surface area contributed by atoms with E-state index >= 15 is 0 Å². The Morgan fingerprint density at radius 1 is 1.40 bits per heavy atom. The summed E-state index contributed by atoms with van der Waals surface area (Å²) in [4.78, 5) is 16.7. The molecule has 1 heterocycles. The first-order chi connectivity index (χ1) is 11.7. The predicted octanol–water partition coefficient (Wildman–Crippen LogP) is 2.22. The van der Waals surface area contributed by atoms with Gasteiger partial charge in [0.2, 0.25) is 0 Å². The Bertz CT molecular complexity index is 846. The number of nitrogens with zero attached hydrogens (tertiary/aromatic N) is 1. The van der Waals surface area contributed by atoms with Crippen LogP contribution in [0.4, 0.5) is 0 Å². The molecule has 0 aliphatic carbocycles. The van der Waals surface area contributed by atoms with E-state index in [1.165, 1.54) is 6.92 Å². The highest BCUT2D eigenvalue weighted by atomic mass is 32.2. The summed E-state index contributed by atoms with van der Waals surface area (Å²) in [6.07, 6.45) is 1.32. The first-order valence-electron chi connectivity index (χ1n) is 7.92. The maximum atomic E-state index is 11.9. The minimum absolute atomic E-state index is 0.159. The molecule has 2 unspecified atom stereocenters. The molecule has 1 aromatic rings. The van der Waals surface area contributed by atoms with Crippen LogP contribution in [0.25, 0.3) is 0 Å². The van der Waals surface area contributed by atoms with Gasteiger partial charge in [-0.2, -0.15) is 0 Å². The van der Waals surface area contributed by atoms with Crippen molar-refractivity contribution in [2.24, 2.45) is 5.16 Å². The lowest BCUT2D eigenvalue weighted by atomic mass is 9.97. The summed E-state index contributed by atoms with van der Waals surface area (Å²) in [7, 11) is -3.79. The quantitative estimate of drug-likeness (QED) is 0.810. The minimum Gasteiger partial charge on any atom is -0.480 e. The lowest BCUT2D eigenvalue weighted by Crippen LogP contribution is -2.45. The molecule has 0 fully saturated rings. The largest absolute Gasteiger partial charge is 0.480 e. The maximum Gasteiger partial charge on any atom is 0.324 e. The zero-order valence-electron chi connectivity index (χ0n) is 14.4. The molecule has 0 saturated heterocycles. The number of oxime groups is 1. The molecule has 2 atom stereocenters. The highest BCUT2D eigenvalue weighted by Gasteiger charge is 2.47. The Hall–Kier alpha value is -2.33. The second kappa shape index (κ2) is 7.28.